The monoisotopic (exact) mass is 291 g/mol. The van der Waals surface area contributed by atoms with Gasteiger partial charge in [-0.3, -0.25) is 9.89 Å². The number of hydrogen-bond donors (Lipinski definition) is 2. The van der Waals surface area contributed by atoms with Gasteiger partial charge in [0, 0.05) is 22.7 Å². The molecule has 1 heterocycles. The number of carbonyl (C=O) groups is 1. The van der Waals surface area contributed by atoms with Gasteiger partial charge >= 0.3 is 0 Å². The van der Waals surface area contributed by atoms with Gasteiger partial charge in [0.15, 0.2) is 12.4 Å². The molecular formula is C14H14ClN3O2. The van der Waals surface area contributed by atoms with E-state index < -0.39 is 0 Å². The lowest BCUT2D eigenvalue weighted by Gasteiger charge is -2.05. The number of benzene rings is 1. The Bertz CT molecular complexity index is 605. The summed E-state index contributed by atoms with van der Waals surface area (Å²) in [5.74, 6) is 1.48. The highest BCUT2D eigenvalue weighted by Crippen LogP contribution is 2.39. The van der Waals surface area contributed by atoms with Crippen LogP contribution < -0.4 is 10.1 Å². The zero-order valence-electron chi connectivity index (χ0n) is 10.7. The van der Waals surface area contributed by atoms with Crippen molar-refractivity contribution in [3.8, 4) is 5.75 Å². The molecular weight excluding hydrogens is 278 g/mol. The number of aromatic amines is 1. The van der Waals surface area contributed by atoms with Gasteiger partial charge in [0.1, 0.15) is 5.75 Å². The molecule has 1 aliphatic rings. The third-order valence-electron chi connectivity index (χ3n) is 3.07. The van der Waals surface area contributed by atoms with E-state index in [9.17, 15) is 4.79 Å². The minimum Gasteiger partial charge on any atom is -0.484 e. The zero-order chi connectivity index (χ0) is 13.9. The van der Waals surface area contributed by atoms with E-state index in [0.717, 1.165) is 5.69 Å². The third kappa shape index (κ3) is 3.30. The van der Waals surface area contributed by atoms with Crippen molar-refractivity contribution in [1.82, 2.24) is 10.2 Å². The Kier molecular flexibility index (Phi) is 3.60. The van der Waals surface area contributed by atoms with E-state index in [0.29, 0.717) is 22.5 Å². The third-order valence-corrected chi connectivity index (χ3v) is 3.32. The quantitative estimate of drug-likeness (QED) is 0.890. The van der Waals surface area contributed by atoms with Gasteiger partial charge in [-0.25, -0.2) is 0 Å². The Morgan fingerprint density at radius 1 is 1.40 bits per heavy atom. The smallest absolute Gasteiger partial charge is 0.263 e. The number of nitrogens with one attached hydrogen (secondary N) is 2. The second-order valence-corrected chi connectivity index (χ2v) is 5.21. The van der Waals surface area contributed by atoms with Gasteiger partial charge in [0.25, 0.3) is 5.91 Å². The average Bonchev–Trinajstić information content (AvgIpc) is 3.19. The molecule has 1 aliphatic carbocycles. The summed E-state index contributed by atoms with van der Waals surface area (Å²) in [6.45, 7) is -0.0622. The van der Waals surface area contributed by atoms with Gasteiger partial charge in [-0.1, -0.05) is 11.6 Å². The topological polar surface area (TPSA) is 67.0 Å². The molecule has 1 saturated carbocycles. The molecule has 3 rings (SSSR count). The number of rotatable bonds is 5. The van der Waals surface area contributed by atoms with Gasteiger partial charge in [-0.2, -0.15) is 5.10 Å². The Morgan fingerprint density at radius 3 is 2.85 bits per heavy atom. The number of halogens is 1. The van der Waals surface area contributed by atoms with Crippen LogP contribution in [0.2, 0.25) is 5.02 Å². The Balaban J connectivity index is 1.49. The van der Waals surface area contributed by atoms with E-state index in [-0.39, 0.29) is 12.5 Å². The van der Waals surface area contributed by atoms with Crippen LogP contribution in [0.1, 0.15) is 24.5 Å². The number of aromatic nitrogens is 2. The lowest BCUT2D eigenvalue weighted by molar-refractivity contribution is -0.118. The maximum Gasteiger partial charge on any atom is 0.263 e. The van der Waals surface area contributed by atoms with Gasteiger partial charge in [-0.05, 0) is 37.1 Å². The van der Waals surface area contributed by atoms with Crippen LogP contribution in [0.4, 0.5) is 5.82 Å². The number of nitrogens with zero attached hydrogens (tertiary/aromatic N) is 1. The molecule has 0 atom stereocenters. The largest absolute Gasteiger partial charge is 0.484 e. The molecule has 1 aromatic heterocycles. The molecule has 0 saturated heterocycles. The number of ether oxygens (including phenoxy) is 1. The molecule has 0 bridgehead atoms. The van der Waals surface area contributed by atoms with Gasteiger partial charge < -0.3 is 10.1 Å². The molecule has 1 aromatic carbocycles. The maximum atomic E-state index is 11.7. The van der Waals surface area contributed by atoms with E-state index in [1.54, 1.807) is 24.3 Å². The number of H-pyrrole nitrogens is 1. The summed E-state index contributed by atoms with van der Waals surface area (Å²) >= 11 is 5.77. The van der Waals surface area contributed by atoms with Crippen LogP contribution in [0.15, 0.2) is 30.3 Å². The molecule has 20 heavy (non-hydrogen) atoms. The molecule has 1 amide bonds. The molecule has 5 nitrogen and oxygen atoms in total. The number of anilines is 1. The first-order valence-electron chi connectivity index (χ1n) is 6.44. The predicted octanol–water partition coefficient (Wildman–Crippen LogP) is 2.96. The highest BCUT2D eigenvalue weighted by Gasteiger charge is 2.25. The number of carbonyl (C=O) groups excluding carboxylic acids is 1. The fourth-order valence-electron chi connectivity index (χ4n) is 1.86. The molecule has 2 N–H and O–H groups in total. The summed E-state index contributed by atoms with van der Waals surface area (Å²) in [5, 5.41) is 10.3. The summed E-state index contributed by atoms with van der Waals surface area (Å²) in [6, 6.07) is 8.73. The van der Waals surface area contributed by atoms with Crippen molar-refractivity contribution < 1.29 is 9.53 Å². The predicted molar refractivity (Wildman–Crippen MR) is 76.1 cm³/mol. The van der Waals surface area contributed by atoms with Crippen LogP contribution in [-0.2, 0) is 4.79 Å². The molecule has 0 unspecified atom stereocenters. The highest BCUT2D eigenvalue weighted by molar-refractivity contribution is 6.30. The summed E-state index contributed by atoms with van der Waals surface area (Å²) < 4.78 is 5.35. The fourth-order valence-corrected chi connectivity index (χ4v) is 1.99. The molecule has 104 valence electrons. The van der Waals surface area contributed by atoms with E-state index in [1.165, 1.54) is 12.8 Å². The van der Waals surface area contributed by atoms with Crippen molar-refractivity contribution in [2.75, 3.05) is 11.9 Å². The first-order valence-corrected chi connectivity index (χ1v) is 6.82. The van der Waals surface area contributed by atoms with E-state index in [4.69, 9.17) is 16.3 Å². The number of amides is 1. The Hall–Kier alpha value is -2.01. The van der Waals surface area contributed by atoms with Crippen LogP contribution in [0.3, 0.4) is 0 Å². The fraction of sp³-hybridized carbons (Fsp3) is 0.286. The van der Waals surface area contributed by atoms with Crippen LogP contribution in [-0.4, -0.2) is 22.7 Å². The standard InChI is InChI=1S/C14H14ClN3O2/c15-10-3-5-11(6-4-10)20-8-14(19)16-13-7-12(17-18-13)9-1-2-9/h3-7,9H,1-2,8H2,(H2,16,17,18,19). The molecule has 0 radical (unpaired) electrons. The second-order valence-electron chi connectivity index (χ2n) is 4.77. The highest BCUT2D eigenvalue weighted by atomic mass is 35.5. The molecule has 2 aromatic rings. The molecule has 6 heteroatoms. The van der Waals surface area contributed by atoms with Crippen LogP contribution in [0, 0.1) is 0 Å². The van der Waals surface area contributed by atoms with E-state index in [2.05, 4.69) is 15.5 Å². The van der Waals surface area contributed by atoms with Crippen LogP contribution in [0.25, 0.3) is 0 Å². The van der Waals surface area contributed by atoms with Gasteiger partial charge in [0.05, 0.1) is 0 Å². The summed E-state index contributed by atoms with van der Waals surface area (Å²) in [4.78, 5) is 11.7. The Labute approximate surface area is 121 Å². The van der Waals surface area contributed by atoms with Gasteiger partial charge in [-0.15, -0.1) is 0 Å². The SMILES string of the molecule is O=C(COc1ccc(Cl)cc1)Nc1cc(C2CC2)[nH]n1. The van der Waals surface area contributed by atoms with Crippen molar-refractivity contribution in [2.45, 2.75) is 18.8 Å². The van der Waals surface area contributed by atoms with Crippen LogP contribution >= 0.6 is 11.6 Å². The first kappa shape index (κ1) is 13.0. The normalized spacial score (nSPS) is 14.1. The lowest BCUT2D eigenvalue weighted by atomic mass is 10.3. The van der Waals surface area contributed by atoms with Crippen molar-refractivity contribution in [2.24, 2.45) is 0 Å². The average molecular weight is 292 g/mol. The van der Waals surface area contributed by atoms with E-state index in [1.807, 2.05) is 6.07 Å². The second kappa shape index (κ2) is 5.54. The minimum absolute atomic E-state index is 0.0622. The maximum absolute atomic E-state index is 11.7. The summed E-state index contributed by atoms with van der Waals surface area (Å²) in [7, 11) is 0. The van der Waals surface area contributed by atoms with Crippen LogP contribution in [0.5, 0.6) is 5.75 Å². The van der Waals surface area contributed by atoms with Gasteiger partial charge in [0.2, 0.25) is 0 Å². The minimum atomic E-state index is -0.242. The summed E-state index contributed by atoms with van der Waals surface area (Å²) in [5.41, 5.74) is 1.08. The zero-order valence-corrected chi connectivity index (χ0v) is 11.5. The lowest BCUT2D eigenvalue weighted by Crippen LogP contribution is -2.20. The summed E-state index contributed by atoms with van der Waals surface area (Å²) in [6.07, 6.45) is 2.38. The Morgan fingerprint density at radius 2 is 2.15 bits per heavy atom. The molecule has 0 spiro atoms. The molecule has 1 fully saturated rings. The van der Waals surface area contributed by atoms with Crippen molar-refractivity contribution >= 4 is 23.3 Å². The van der Waals surface area contributed by atoms with Crippen molar-refractivity contribution in [3.63, 3.8) is 0 Å². The van der Waals surface area contributed by atoms with E-state index >= 15 is 0 Å². The van der Waals surface area contributed by atoms with Crippen molar-refractivity contribution in [3.05, 3.63) is 41.0 Å². The van der Waals surface area contributed by atoms with Crippen molar-refractivity contribution in [1.29, 1.82) is 0 Å². The number of hydrogen-bond acceptors (Lipinski definition) is 3. The molecule has 0 aliphatic heterocycles. The first-order chi connectivity index (χ1) is 9.70.